The van der Waals surface area contributed by atoms with Gasteiger partial charge in [-0.1, -0.05) is 12.1 Å². The summed E-state index contributed by atoms with van der Waals surface area (Å²) in [5.74, 6) is -0.0892. The molecular weight excluding hydrogens is 371 g/mol. The van der Waals surface area contributed by atoms with E-state index in [4.69, 9.17) is 19.3 Å². The van der Waals surface area contributed by atoms with Crippen molar-refractivity contribution >= 4 is 19.3 Å². The molecule has 1 aliphatic heterocycles. The van der Waals surface area contributed by atoms with E-state index in [0.717, 1.165) is 0 Å². The van der Waals surface area contributed by atoms with Crippen LogP contribution in [0.3, 0.4) is 0 Å². The van der Waals surface area contributed by atoms with Crippen LogP contribution in [0, 0.1) is 11.3 Å². The van der Waals surface area contributed by atoms with Gasteiger partial charge in [0, 0.05) is 6.54 Å². The van der Waals surface area contributed by atoms with Gasteiger partial charge in [0.05, 0.1) is 16.8 Å². The Labute approximate surface area is 172 Å². The number of amides is 1. The molecule has 1 aromatic rings. The quantitative estimate of drug-likeness (QED) is 0.746. The van der Waals surface area contributed by atoms with Gasteiger partial charge in [-0.2, -0.15) is 5.26 Å². The average Bonchev–Trinajstić information content (AvgIpc) is 2.79. The number of alkyl carbamates (subject to hydrolysis) is 1. The molecule has 1 aliphatic rings. The van der Waals surface area contributed by atoms with Crippen molar-refractivity contribution in [2.24, 2.45) is 0 Å². The second-order valence-corrected chi connectivity index (χ2v) is 9.05. The third-order valence-electron chi connectivity index (χ3n) is 4.88. The van der Waals surface area contributed by atoms with Gasteiger partial charge in [0.25, 0.3) is 0 Å². The fourth-order valence-electron chi connectivity index (χ4n) is 2.63. The lowest BCUT2D eigenvalue weighted by atomic mass is 9.77. The third-order valence-corrected chi connectivity index (χ3v) is 4.88. The molecule has 1 heterocycles. The van der Waals surface area contributed by atoms with Crippen LogP contribution in [0.4, 0.5) is 4.79 Å². The number of nitriles is 1. The molecule has 0 aliphatic carbocycles. The van der Waals surface area contributed by atoms with Crippen LogP contribution < -0.4 is 5.32 Å². The summed E-state index contributed by atoms with van der Waals surface area (Å²) in [6, 6.07) is 6.64. The van der Waals surface area contributed by atoms with E-state index in [1.165, 1.54) is 6.07 Å². The maximum Gasteiger partial charge on any atom is 0.492 e. The third kappa shape index (κ3) is 5.75. The van der Waals surface area contributed by atoms with Crippen LogP contribution in [0.25, 0.3) is 6.08 Å². The topological polar surface area (TPSA) is 101 Å². The number of nitrogens with one attached hydrogen (secondary N) is 1. The molecular formula is C21H29BN2O5. The van der Waals surface area contributed by atoms with E-state index < -0.39 is 30.0 Å². The summed E-state index contributed by atoms with van der Waals surface area (Å²) in [7, 11) is -0.686. The molecule has 1 saturated heterocycles. The van der Waals surface area contributed by atoms with Gasteiger partial charge >= 0.3 is 13.2 Å². The van der Waals surface area contributed by atoms with E-state index >= 15 is 0 Å². The van der Waals surface area contributed by atoms with Gasteiger partial charge in [0.2, 0.25) is 0 Å². The van der Waals surface area contributed by atoms with Gasteiger partial charge in [0.1, 0.15) is 17.4 Å². The Kier molecular flexibility index (Phi) is 6.36. The van der Waals surface area contributed by atoms with Crippen LogP contribution in [-0.4, -0.2) is 41.7 Å². The fraction of sp³-hybridized carbons (Fsp3) is 0.524. The average molecular weight is 400 g/mol. The Bertz CT molecular complexity index is 834. The minimum atomic E-state index is -0.686. The number of nitrogens with zero attached hydrogens (tertiary/aromatic N) is 1. The molecule has 1 amide bonds. The summed E-state index contributed by atoms with van der Waals surface area (Å²) in [5, 5.41) is 21.6. The zero-order valence-electron chi connectivity index (χ0n) is 18.1. The lowest BCUT2D eigenvalue weighted by Gasteiger charge is -2.32. The summed E-state index contributed by atoms with van der Waals surface area (Å²) in [4.78, 5) is 12.1. The van der Waals surface area contributed by atoms with Gasteiger partial charge in [-0.15, -0.1) is 0 Å². The lowest BCUT2D eigenvalue weighted by molar-refractivity contribution is 0.00578. The first-order valence-electron chi connectivity index (χ1n) is 9.50. The SMILES string of the molecule is CC(C)(C)OC(=O)NCC(=Cc1ccc(O)c(C#N)c1)B1OC(C)(C)C(C)(C)O1. The number of hydrogen-bond donors (Lipinski definition) is 2. The predicted molar refractivity (Wildman–Crippen MR) is 111 cm³/mol. The van der Waals surface area contributed by atoms with E-state index in [1.54, 1.807) is 39.0 Å². The van der Waals surface area contributed by atoms with Gasteiger partial charge < -0.3 is 24.5 Å². The highest BCUT2D eigenvalue weighted by Gasteiger charge is 2.52. The van der Waals surface area contributed by atoms with Gasteiger partial charge in [-0.05, 0) is 71.6 Å². The van der Waals surface area contributed by atoms with E-state index in [0.29, 0.717) is 11.0 Å². The molecule has 0 aromatic heterocycles. The minimum absolute atomic E-state index is 0.0892. The highest BCUT2D eigenvalue weighted by Crippen LogP contribution is 2.38. The number of aromatic hydroxyl groups is 1. The molecule has 156 valence electrons. The number of rotatable bonds is 4. The number of ether oxygens (including phenoxy) is 1. The van der Waals surface area contributed by atoms with Crippen LogP contribution in [-0.2, 0) is 14.0 Å². The van der Waals surface area contributed by atoms with Gasteiger partial charge in [-0.3, -0.25) is 0 Å². The first kappa shape index (κ1) is 22.8. The Morgan fingerprint density at radius 1 is 1.28 bits per heavy atom. The largest absolute Gasteiger partial charge is 0.507 e. The number of carbonyl (C=O) groups excluding carboxylic acids is 1. The number of benzene rings is 1. The Balaban J connectivity index is 2.31. The van der Waals surface area contributed by atoms with Crippen molar-refractivity contribution in [1.82, 2.24) is 5.32 Å². The molecule has 0 spiro atoms. The Morgan fingerprint density at radius 3 is 2.38 bits per heavy atom. The maximum atomic E-state index is 12.1. The van der Waals surface area contributed by atoms with Crippen LogP contribution in [0.2, 0.25) is 0 Å². The lowest BCUT2D eigenvalue weighted by Crippen LogP contribution is -2.41. The summed E-state index contributed by atoms with van der Waals surface area (Å²) in [6.07, 6.45) is 1.23. The second kappa shape index (κ2) is 8.09. The van der Waals surface area contributed by atoms with Crippen molar-refractivity contribution in [3.05, 3.63) is 34.8 Å². The van der Waals surface area contributed by atoms with Crippen LogP contribution in [0.15, 0.2) is 23.7 Å². The molecule has 29 heavy (non-hydrogen) atoms. The maximum absolute atomic E-state index is 12.1. The first-order chi connectivity index (χ1) is 13.2. The molecule has 1 aromatic carbocycles. The van der Waals surface area contributed by atoms with Crippen LogP contribution >= 0.6 is 0 Å². The molecule has 0 radical (unpaired) electrons. The number of hydrogen-bond acceptors (Lipinski definition) is 6. The van der Waals surface area contributed by atoms with E-state index in [-0.39, 0.29) is 17.9 Å². The Hall–Kier alpha value is -2.50. The zero-order valence-corrected chi connectivity index (χ0v) is 18.1. The van der Waals surface area contributed by atoms with Crippen molar-refractivity contribution in [2.75, 3.05) is 6.54 Å². The molecule has 2 rings (SSSR count). The number of phenols is 1. The van der Waals surface area contributed by atoms with Crippen molar-refractivity contribution in [3.8, 4) is 11.8 Å². The monoisotopic (exact) mass is 400 g/mol. The summed E-state index contributed by atoms with van der Waals surface area (Å²) >= 11 is 0. The molecule has 0 atom stereocenters. The standard InChI is InChI=1S/C21H29BN2O5/c1-19(2,3)27-18(26)24-13-16(22-28-20(4,5)21(6,7)29-22)11-14-8-9-17(25)15(10-14)12-23/h8-11,25H,13H2,1-7H3,(H,24,26). The molecule has 2 N–H and O–H groups in total. The number of phenolic OH excluding ortho intramolecular Hbond substituents is 1. The molecule has 8 heteroatoms. The highest BCUT2D eigenvalue weighted by atomic mass is 16.7. The predicted octanol–water partition coefficient (Wildman–Crippen LogP) is 3.80. The highest BCUT2D eigenvalue weighted by molar-refractivity contribution is 6.56. The summed E-state index contributed by atoms with van der Waals surface area (Å²) in [5.41, 5.74) is -0.215. The Morgan fingerprint density at radius 2 is 1.86 bits per heavy atom. The van der Waals surface area contributed by atoms with Crippen LogP contribution in [0.5, 0.6) is 5.75 Å². The van der Waals surface area contributed by atoms with E-state index in [2.05, 4.69) is 5.32 Å². The molecule has 0 saturated carbocycles. The number of carbonyl (C=O) groups is 1. The van der Waals surface area contributed by atoms with Crippen molar-refractivity contribution < 1.29 is 23.9 Å². The molecule has 7 nitrogen and oxygen atoms in total. The summed E-state index contributed by atoms with van der Waals surface area (Å²) in [6.45, 7) is 13.3. The fourth-order valence-corrected chi connectivity index (χ4v) is 2.63. The van der Waals surface area contributed by atoms with E-state index in [1.807, 2.05) is 33.8 Å². The minimum Gasteiger partial charge on any atom is -0.507 e. The normalized spacial score (nSPS) is 18.3. The van der Waals surface area contributed by atoms with Crippen molar-refractivity contribution in [2.45, 2.75) is 65.3 Å². The van der Waals surface area contributed by atoms with E-state index in [9.17, 15) is 9.90 Å². The first-order valence-corrected chi connectivity index (χ1v) is 9.50. The van der Waals surface area contributed by atoms with Crippen LogP contribution in [0.1, 0.15) is 59.6 Å². The van der Waals surface area contributed by atoms with Crippen molar-refractivity contribution in [3.63, 3.8) is 0 Å². The summed E-state index contributed by atoms with van der Waals surface area (Å²) < 4.78 is 17.5. The van der Waals surface area contributed by atoms with Crippen molar-refractivity contribution in [1.29, 1.82) is 5.26 Å². The smallest absolute Gasteiger partial charge is 0.492 e. The van der Waals surface area contributed by atoms with Gasteiger partial charge in [0.15, 0.2) is 0 Å². The molecule has 0 bridgehead atoms. The van der Waals surface area contributed by atoms with Gasteiger partial charge in [-0.25, -0.2) is 4.79 Å². The molecule has 1 fully saturated rings. The molecule has 0 unspecified atom stereocenters. The zero-order chi connectivity index (χ0) is 22.0. The second-order valence-electron chi connectivity index (χ2n) is 9.05.